The van der Waals surface area contributed by atoms with Gasteiger partial charge in [0, 0.05) is 37.2 Å². The molecule has 11 aromatic rings. The van der Waals surface area contributed by atoms with Gasteiger partial charge in [0.15, 0.2) is 0 Å². The van der Waals surface area contributed by atoms with Crippen molar-refractivity contribution >= 4 is 80.9 Å². The highest BCUT2D eigenvalue weighted by Crippen LogP contribution is 2.43. The van der Waals surface area contributed by atoms with Crippen LogP contribution in [-0.4, -0.2) is 0 Å². The van der Waals surface area contributed by atoms with Crippen LogP contribution >= 0.6 is 11.3 Å². The second kappa shape index (κ2) is 13.4. The summed E-state index contributed by atoms with van der Waals surface area (Å²) in [6.45, 7) is 0. The smallest absolute Gasteiger partial charge is 0.0467 e. The fourth-order valence-electron chi connectivity index (χ4n) is 8.57. The summed E-state index contributed by atoms with van der Waals surface area (Å²) < 4.78 is 2.66. The normalized spacial score (nSPS) is 11.6. The minimum atomic E-state index is 1.11. The second-order valence-electron chi connectivity index (χ2n) is 14.5. The van der Waals surface area contributed by atoms with Crippen molar-refractivity contribution in [1.82, 2.24) is 0 Å². The number of fused-ring (bicyclic) bond motifs is 8. The Labute approximate surface area is 330 Å². The van der Waals surface area contributed by atoms with Crippen LogP contribution in [-0.2, 0) is 0 Å². The van der Waals surface area contributed by atoms with Crippen molar-refractivity contribution in [3.63, 3.8) is 0 Å². The molecule has 0 saturated heterocycles. The third-order valence-corrected chi connectivity index (χ3v) is 12.5. The predicted octanol–water partition coefficient (Wildman–Crippen LogP) is 16.0. The molecule has 2 heteroatoms. The first-order valence-corrected chi connectivity index (χ1v) is 20.0. The Morgan fingerprint density at radius 2 is 0.893 bits per heavy atom. The zero-order chi connectivity index (χ0) is 37.0. The number of anilines is 3. The van der Waals surface area contributed by atoms with Gasteiger partial charge >= 0.3 is 0 Å². The van der Waals surface area contributed by atoms with Crippen LogP contribution in [0, 0.1) is 0 Å². The average molecular weight is 730 g/mol. The summed E-state index contributed by atoms with van der Waals surface area (Å²) in [5, 5.41) is 10.3. The summed E-state index contributed by atoms with van der Waals surface area (Å²) in [4.78, 5) is 2.38. The molecule has 262 valence electrons. The summed E-state index contributed by atoms with van der Waals surface area (Å²) in [6.07, 6.45) is 0. The Hall–Kier alpha value is -7.00. The minimum Gasteiger partial charge on any atom is -0.310 e. The van der Waals surface area contributed by atoms with Gasteiger partial charge in [0.05, 0.1) is 0 Å². The maximum Gasteiger partial charge on any atom is 0.0467 e. The lowest BCUT2D eigenvalue weighted by atomic mass is 9.92. The van der Waals surface area contributed by atoms with Crippen molar-refractivity contribution in [3.8, 4) is 33.4 Å². The van der Waals surface area contributed by atoms with Crippen LogP contribution in [0.25, 0.3) is 85.9 Å². The van der Waals surface area contributed by atoms with Crippen LogP contribution < -0.4 is 4.90 Å². The molecule has 0 amide bonds. The quantitative estimate of drug-likeness (QED) is 0.154. The Morgan fingerprint density at radius 3 is 1.70 bits per heavy atom. The molecule has 0 aliphatic heterocycles. The van der Waals surface area contributed by atoms with E-state index in [9.17, 15) is 0 Å². The van der Waals surface area contributed by atoms with E-state index in [0.717, 1.165) is 17.1 Å². The van der Waals surface area contributed by atoms with Gasteiger partial charge in [-0.1, -0.05) is 170 Å². The molecule has 0 radical (unpaired) electrons. The molecule has 1 aromatic heterocycles. The number of hydrogen-bond acceptors (Lipinski definition) is 2. The fourth-order valence-corrected chi connectivity index (χ4v) is 9.81. The lowest BCUT2D eigenvalue weighted by Crippen LogP contribution is -2.10. The van der Waals surface area contributed by atoms with Gasteiger partial charge in [-0.05, 0) is 108 Å². The molecule has 11 rings (SSSR count). The van der Waals surface area contributed by atoms with E-state index in [4.69, 9.17) is 0 Å². The number of thiophene rings is 1. The second-order valence-corrected chi connectivity index (χ2v) is 15.5. The van der Waals surface area contributed by atoms with E-state index in [1.165, 1.54) is 85.9 Å². The van der Waals surface area contributed by atoms with Gasteiger partial charge in [0.25, 0.3) is 0 Å². The van der Waals surface area contributed by atoms with Crippen LogP contribution in [0.3, 0.4) is 0 Å². The van der Waals surface area contributed by atoms with Crippen molar-refractivity contribution in [2.24, 2.45) is 0 Å². The molecular weight excluding hydrogens is 695 g/mol. The maximum atomic E-state index is 2.38. The third-order valence-electron chi connectivity index (χ3n) is 11.3. The summed E-state index contributed by atoms with van der Waals surface area (Å²) in [7, 11) is 0. The van der Waals surface area contributed by atoms with E-state index in [1.54, 1.807) is 0 Å². The lowest BCUT2D eigenvalue weighted by Gasteiger charge is -2.26. The highest BCUT2D eigenvalue weighted by molar-refractivity contribution is 7.26. The minimum absolute atomic E-state index is 1.11. The van der Waals surface area contributed by atoms with E-state index in [1.807, 2.05) is 11.3 Å². The largest absolute Gasteiger partial charge is 0.310 e. The first kappa shape index (κ1) is 32.4. The molecule has 0 atom stereocenters. The van der Waals surface area contributed by atoms with E-state index in [2.05, 4.69) is 217 Å². The Morgan fingerprint density at radius 1 is 0.304 bits per heavy atom. The predicted molar refractivity (Wildman–Crippen MR) is 243 cm³/mol. The Bertz CT molecular complexity index is 3230. The van der Waals surface area contributed by atoms with Crippen LogP contribution in [0.1, 0.15) is 0 Å². The zero-order valence-electron chi connectivity index (χ0n) is 30.6. The molecular formula is C54H35NS. The molecule has 0 aliphatic rings. The van der Waals surface area contributed by atoms with E-state index in [-0.39, 0.29) is 0 Å². The highest BCUT2D eigenvalue weighted by Gasteiger charge is 2.17. The van der Waals surface area contributed by atoms with Gasteiger partial charge in [0.1, 0.15) is 0 Å². The molecule has 0 spiro atoms. The van der Waals surface area contributed by atoms with Crippen LogP contribution in [0.2, 0.25) is 0 Å². The summed E-state index contributed by atoms with van der Waals surface area (Å²) in [5.41, 5.74) is 10.6. The number of rotatable bonds is 6. The standard InChI is InChI=1S/C54H35NS/c1-2-11-36(12-3-1)41-14-8-15-44(35-41)55(43-32-27-39(28-33-43)47-19-10-21-51-49-17-6-7-22-52(49)56-54(47)51)42-30-25-38(26-31-42)45-18-9-20-50-48(45)34-29-40-24-23-37-13-4-5-16-46(37)53(40)50/h1-35H. The molecule has 0 aliphatic carbocycles. The molecule has 0 unspecified atom stereocenters. The van der Waals surface area contributed by atoms with Gasteiger partial charge in [-0.2, -0.15) is 0 Å². The number of benzene rings is 10. The molecule has 0 N–H and O–H groups in total. The summed E-state index contributed by atoms with van der Waals surface area (Å²) in [5.74, 6) is 0. The van der Waals surface area contributed by atoms with E-state index in [0.29, 0.717) is 0 Å². The van der Waals surface area contributed by atoms with E-state index >= 15 is 0 Å². The fraction of sp³-hybridized carbons (Fsp3) is 0. The van der Waals surface area contributed by atoms with Gasteiger partial charge in [-0.3, -0.25) is 0 Å². The monoisotopic (exact) mass is 729 g/mol. The maximum absolute atomic E-state index is 2.38. The van der Waals surface area contributed by atoms with Crippen molar-refractivity contribution in [3.05, 3.63) is 212 Å². The van der Waals surface area contributed by atoms with Gasteiger partial charge < -0.3 is 4.90 Å². The van der Waals surface area contributed by atoms with Gasteiger partial charge in [-0.25, -0.2) is 0 Å². The van der Waals surface area contributed by atoms with Crippen molar-refractivity contribution < 1.29 is 0 Å². The van der Waals surface area contributed by atoms with Crippen LogP contribution in [0.4, 0.5) is 17.1 Å². The third kappa shape index (κ3) is 5.46. The van der Waals surface area contributed by atoms with Gasteiger partial charge in [-0.15, -0.1) is 11.3 Å². The molecule has 1 nitrogen and oxygen atoms in total. The molecule has 0 fully saturated rings. The summed E-state index contributed by atoms with van der Waals surface area (Å²) in [6, 6.07) is 77.6. The SMILES string of the molecule is c1ccc(-c2cccc(N(c3ccc(-c4cccc5c4ccc4ccc6ccccc6c45)cc3)c3ccc(-c4cccc5c4sc4ccccc45)cc3)c2)cc1. The highest BCUT2D eigenvalue weighted by atomic mass is 32.1. The van der Waals surface area contributed by atoms with Crippen molar-refractivity contribution in [2.45, 2.75) is 0 Å². The topological polar surface area (TPSA) is 3.24 Å². The molecule has 0 bridgehead atoms. The molecule has 56 heavy (non-hydrogen) atoms. The molecule has 0 saturated carbocycles. The first-order valence-electron chi connectivity index (χ1n) is 19.2. The first-order chi connectivity index (χ1) is 27.8. The average Bonchev–Trinajstić information content (AvgIpc) is 3.66. The Balaban J connectivity index is 1.02. The zero-order valence-corrected chi connectivity index (χ0v) is 31.4. The lowest BCUT2D eigenvalue weighted by molar-refractivity contribution is 1.28. The summed E-state index contributed by atoms with van der Waals surface area (Å²) >= 11 is 1.88. The molecule has 1 heterocycles. The van der Waals surface area contributed by atoms with Crippen LogP contribution in [0.5, 0.6) is 0 Å². The number of hydrogen-bond donors (Lipinski definition) is 0. The molecule has 10 aromatic carbocycles. The Kier molecular flexibility index (Phi) is 7.75. The van der Waals surface area contributed by atoms with Gasteiger partial charge in [0.2, 0.25) is 0 Å². The van der Waals surface area contributed by atoms with E-state index < -0.39 is 0 Å². The number of nitrogens with zero attached hydrogens (tertiary/aromatic N) is 1. The van der Waals surface area contributed by atoms with Crippen molar-refractivity contribution in [2.75, 3.05) is 4.90 Å². The van der Waals surface area contributed by atoms with Crippen LogP contribution in [0.15, 0.2) is 212 Å². The van der Waals surface area contributed by atoms with Crippen molar-refractivity contribution in [1.29, 1.82) is 0 Å².